The molecule has 29 heavy (non-hydrogen) atoms. The Bertz CT molecular complexity index is 972. The summed E-state index contributed by atoms with van der Waals surface area (Å²) in [6.45, 7) is 3.80. The standard InChI is InChI=1S/C22H23NO5S/c1-4-27-21(25)16(6-5-7-20(24)29-3)17-12-19(28-22(26)18(17)13-23)15-10-8-14(2)9-11-15/h8-12,16H,4-7H2,1-3H3. The normalized spacial score (nSPS) is 11.5. The average Bonchev–Trinajstić information content (AvgIpc) is 2.71. The highest BCUT2D eigenvalue weighted by molar-refractivity contribution is 8.13. The van der Waals surface area contributed by atoms with Crippen LogP contribution >= 0.6 is 11.8 Å². The number of carbonyl (C=O) groups excluding carboxylic acids is 2. The molecule has 0 aliphatic carbocycles. The van der Waals surface area contributed by atoms with Gasteiger partial charge in [-0.3, -0.25) is 9.59 Å². The smallest absolute Gasteiger partial charge is 0.354 e. The number of ether oxygens (including phenoxy) is 1. The Labute approximate surface area is 173 Å². The van der Waals surface area contributed by atoms with Crippen molar-refractivity contribution in [2.75, 3.05) is 12.9 Å². The highest BCUT2D eigenvalue weighted by Gasteiger charge is 2.28. The van der Waals surface area contributed by atoms with Gasteiger partial charge in [0.1, 0.15) is 17.4 Å². The summed E-state index contributed by atoms with van der Waals surface area (Å²) in [6.07, 6.45) is 2.73. The molecular formula is C22H23NO5S. The molecule has 0 fully saturated rings. The minimum atomic E-state index is -0.826. The van der Waals surface area contributed by atoms with Crippen molar-refractivity contribution in [1.29, 1.82) is 5.26 Å². The van der Waals surface area contributed by atoms with Crippen molar-refractivity contribution < 1.29 is 18.7 Å². The molecule has 152 valence electrons. The van der Waals surface area contributed by atoms with Crippen LogP contribution in [0.3, 0.4) is 0 Å². The van der Waals surface area contributed by atoms with Crippen LogP contribution in [0.4, 0.5) is 0 Å². The molecule has 2 rings (SSSR count). The minimum absolute atomic E-state index is 0.0148. The van der Waals surface area contributed by atoms with Crippen molar-refractivity contribution in [3.8, 4) is 17.4 Å². The lowest BCUT2D eigenvalue weighted by Gasteiger charge is -2.17. The molecule has 0 bridgehead atoms. The quantitative estimate of drug-likeness (QED) is 0.598. The second kappa shape index (κ2) is 10.6. The van der Waals surface area contributed by atoms with Gasteiger partial charge >= 0.3 is 11.6 Å². The zero-order chi connectivity index (χ0) is 21.4. The largest absolute Gasteiger partial charge is 0.466 e. The summed E-state index contributed by atoms with van der Waals surface area (Å²) in [6, 6.07) is 10.8. The Balaban J connectivity index is 2.50. The third-order valence-electron chi connectivity index (χ3n) is 4.48. The third kappa shape index (κ3) is 5.81. The van der Waals surface area contributed by atoms with Crippen LogP contribution in [0.1, 0.15) is 48.8 Å². The molecular weight excluding hydrogens is 390 g/mol. The minimum Gasteiger partial charge on any atom is -0.466 e. The molecule has 2 aromatic rings. The molecule has 0 spiro atoms. The lowest BCUT2D eigenvalue weighted by atomic mass is 9.90. The van der Waals surface area contributed by atoms with E-state index in [4.69, 9.17) is 9.15 Å². The number of hydrogen-bond donors (Lipinski definition) is 0. The fourth-order valence-corrected chi connectivity index (χ4v) is 3.30. The SMILES string of the molecule is CCOC(=O)C(CCCC(=O)SC)c1cc(-c2ccc(C)cc2)oc(=O)c1C#N. The van der Waals surface area contributed by atoms with Gasteiger partial charge in [0.15, 0.2) is 5.12 Å². The van der Waals surface area contributed by atoms with Gasteiger partial charge in [-0.1, -0.05) is 41.6 Å². The fraction of sp³-hybridized carbons (Fsp3) is 0.364. The maximum Gasteiger partial charge on any atom is 0.354 e. The second-order valence-corrected chi connectivity index (χ2v) is 7.34. The van der Waals surface area contributed by atoms with E-state index in [9.17, 15) is 19.6 Å². The van der Waals surface area contributed by atoms with Gasteiger partial charge < -0.3 is 9.15 Å². The van der Waals surface area contributed by atoms with Crippen molar-refractivity contribution >= 4 is 22.8 Å². The summed E-state index contributed by atoms with van der Waals surface area (Å²) in [4.78, 5) is 36.7. The molecule has 0 aliphatic heterocycles. The number of hydrogen-bond acceptors (Lipinski definition) is 7. The van der Waals surface area contributed by atoms with Gasteiger partial charge in [-0.2, -0.15) is 5.26 Å². The maximum atomic E-state index is 12.6. The molecule has 7 heteroatoms. The van der Waals surface area contributed by atoms with Crippen molar-refractivity contribution in [2.45, 2.75) is 39.0 Å². The topological polar surface area (TPSA) is 97.4 Å². The van der Waals surface area contributed by atoms with Gasteiger partial charge in [-0.15, -0.1) is 0 Å². The highest BCUT2D eigenvalue weighted by Crippen LogP contribution is 2.30. The summed E-state index contributed by atoms with van der Waals surface area (Å²) in [5, 5.41) is 9.50. The number of rotatable bonds is 8. The Morgan fingerprint density at radius 1 is 1.28 bits per heavy atom. The Hall–Kier alpha value is -2.85. The van der Waals surface area contributed by atoms with E-state index in [1.165, 1.54) is 0 Å². The van der Waals surface area contributed by atoms with Crippen LogP contribution in [-0.2, 0) is 14.3 Å². The molecule has 1 unspecified atom stereocenters. The molecule has 1 aromatic heterocycles. The van der Waals surface area contributed by atoms with Gasteiger partial charge in [0.2, 0.25) is 0 Å². The lowest BCUT2D eigenvalue weighted by Crippen LogP contribution is -2.21. The van der Waals surface area contributed by atoms with E-state index in [1.54, 1.807) is 31.4 Å². The number of nitrogens with zero attached hydrogens (tertiary/aromatic N) is 1. The molecule has 6 nitrogen and oxygen atoms in total. The van der Waals surface area contributed by atoms with Crippen LogP contribution < -0.4 is 5.63 Å². The zero-order valence-electron chi connectivity index (χ0n) is 16.7. The van der Waals surface area contributed by atoms with Gasteiger partial charge in [0, 0.05) is 12.0 Å². The number of esters is 1. The Morgan fingerprint density at radius 3 is 2.55 bits per heavy atom. The van der Waals surface area contributed by atoms with E-state index in [-0.39, 0.29) is 35.0 Å². The summed E-state index contributed by atoms with van der Waals surface area (Å²) in [5.41, 5.74) is 0.978. The Morgan fingerprint density at radius 2 is 1.97 bits per heavy atom. The van der Waals surface area contributed by atoms with Crippen molar-refractivity contribution in [3.63, 3.8) is 0 Å². The number of benzene rings is 1. The average molecular weight is 413 g/mol. The highest BCUT2D eigenvalue weighted by atomic mass is 32.2. The van der Waals surface area contributed by atoms with Crippen LogP contribution in [0.5, 0.6) is 0 Å². The molecule has 0 saturated carbocycles. The molecule has 1 aromatic carbocycles. The van der Waals surface area contributed by atoms with E-state index >= 15 is 0 Å². The number of nitriles is 1. The second-order valence-electron chi connectivity index (χ2n) is 6.48. The first kappa shape index (κ1) is 22.4. The molecule has 0 N–H and O–H groups in total. The van der Waals surface area contributed by atoms with Crippen LogP contribution in [0, 0.1) is 18.3 Å². The number of carbonyl (C=O) groups is 2. The molecule has 1 heterocycles. The first-order chi connectivity index (χ1) is 13.9. The summed E-state index contributed by atoms with van der Waals surface area (Å²) < 4.78 is 10.5. The molecule has 0 radical (unpaired) electrons. The number of thioether (sulfide) groups is 1. The van der Waals surface area contributed by atoms with Crippen LogP contribution in [0.15, 0.2) is 39.5 Å². The summed E-state index contributed by atoms with van der Waals surface area (Å²) in [5.74, 6) is -1.08. The van der Waals surface area contributed by atoms with Gasteiger partial charge in [0.05, 0.1) is 12.5 Å². The van der Waals surface area contributed by atoms with E-state index < -0.39 is 17.5 Å². The van der Waals surface area contributed by atoms with Gasteiger partial charge in [0.25, 0.3) is 0 Å². The predicted molar refractivity (Wildman–Crippen MR) is 112 cm³/mol. The van der Waals surface area contributed by atoms with Gasteiger partial charge in [-0.05, 0) is 44.6 Å². The maximum absolute atomic E-state index is 12.6. The summed E-state index contributed by atoms with van der Waals surface area (Å²) in [7, 11) is 0. The molecule has 0 aliphatic rings. The molecule has 0 amide bonds. The fourth-order valence-electron chi connectivity index (χ4n) is 2.95. The van der Waals surface area contributed by atoms with Crippen molar-refractivity contribution in [1.82, 2.24) is 0 Å². The van der Waals surface area contributed by atoms with Crippen molar-refractivity contribution in [2.24, 2.45) is 0 Å². The van der Waals surface area contributed by atoms with E-state index in [2.05, 4.69) is 0 Å². The summed E-state index contributed by atoms with van der Waals surface area (Å²) >= 11 is 1.13. The first-order valence-corrected chi connectivity index (χ1v) is 10.5. The van der Waals surface area contributed by atoms with Crippen LogP contribution in [-0.4, -0.2) is 23.9 Å². The van der Waals surface area contributed by atoms with E-state index in [0.29, 0.717) is 18.4 Å². The van der Waals surface area contributed by atoms with Gasteiger partial charge in [-0.25, -0.2) is 4.79 Å². The molecule has 1 atom stereocenters. The first-order valence-electron chi connectivity index (χ1n) is 9.29. The third-order valence-corrected chi connectivity index (χ3v) is 5.14. The zero-order valence-corrected chi connectivity index (χ0v) is 17.5. The lowest BCUT2D eigenvalue weighted by molar-refractivity contribution is -0.145. The van der Waals surface area contributed by atoms with E-state index in [0.717, 1.165) is 17.3 Å². The van der Waals surface area contributed by atoms with Crippen molar-refractivity contribution in [3.05, 3.63) is 57.4 Å². The van der Waals surface area contributed by atoms with E-state index in [1.807, 2.05) is 25.1 Å². The Kier molecular flexibility index (Phi) is 8.22. The van der Waals surface area contributed by atoms with Crippen LogP contribution in [0.25, 0.3) is 11.3 Å². The predicted octanol–water partition coefficient (Wildman–Crippen LogP) is 4.19. The number of aryl methyl sites for hydroxylation is 1. The molecule has 0 saturated heterocycles. The van der Waals surface area contributed by atoms with Crippen LogP contribution in [0.2, 0.25) is 0 Å². The monoisotopic (exact) mass is 413 g/mol.